The van der Waals surface area contributed by atoms with Crippen molar-refractivity contribution >= 4 is 10.9 Å². The molecule has 3 nitrogen and oxygen atoms in total. The zero-order chi connectivity index (χ0) is 12.3. The molecule has 2 rings (SSSR count). The average molecular weight is 229 g/mol. The van der Waals surface area contributed by atoms with Crippen molar-refractivity contribution in [3.8, 4) is 0 Å². The lowest BCUT2D eigenvalue weighted by Gasteiger charge is -2.15. The van der Waals surface area contributed by atoms with Crippen LogP contribution in [0.2, 0.25) is 0 Å². The van der Waals surface area contributed by atoms with E-state index in [0.717, 1.165) is 13.1 Å². The van der Waals surface area contributed by atoms with Crippen LogP contribution in [0.3, 0.4) is 0 Å². The SMILES string of the molecule is C=CCn1ccc2c(CN(C)NC)cccc21. The summed E-state index contributed by atoms with van der Waals surface area (Å²) in [5, 5.41) is 3.39. The molecule has 0 unspecified atom stereocenters. The van der Waals surface area contributed by atoms with Gasteiger partial charge in [-0.1, -0.05) is 18.2 Å². The number of rotatable bonds is 5. The van der Waals surface area contributed by atoms with E-state index < -0.39 is 0 Å². The number of benzene rings is 1. The van der Waals surface area contributed by atoms with Crippen molar-refractivity contribution in [1.29, 1.82) is 0 Å². The molecule has 0 aliphatic carbocycles. The van der Waals surface area contributed by atoms with Gasteiger partial charge in [0.15, 0.2) is 0 Å². The zero-order valence-corrected chi connectivity index (χ0v) is 10.5. The molecule has 3 heteroatoms. The molecule has 1 aromatic carbocycles. The van der Waals surface area contributed by atoms with E-state index in [0.29, 0.717) is 0 Å². The quantitative estimate of drug-likeness (QED) is 0.627. The first-order chi connectivity index (χ1) is 8.26. The Morgan fingerprint density at radius 1 is 1.41 bits per heavy atom. The Morgan fingerprint density at radius 2 is 2.24 bits per heavy atom. The molecule has 0 saturated heterocycles. The highest BCUT2D eigenvalue weighted by molar-refractivity contribution is 5.83. The predicted octanol–water partition coefficient (Wildman–Crippen LogP) is 2.39. The summed E-state index contributed by atoms with van der Waals surface area (Å²) in [7, 11) is 3.97. The lowest BCUT2D eigenvalue weighted by atomic mass is 10.1. The lowest BCUT2D eigenvalue weighted by Crippen LogP contribution is -2.29. The maximum Gasteiger partial charge on any atom is 0.0486 e. The molecule has 0 atom stereocenters. The van der Waals surface area contributed by atoms with Crippen molar-refractivity contribution in [2.75, 3.05) is 14.1 Å². The van der Waals surface area contributed by atoms with E-state index >= 15 is 0 Å². The van der Waals surface area contributed by atoms with Gasteiger partial charge in [-0.25, -0.2) is 5.01 Å². The van der Waals surface area contributed by atoms with Crippen LogP contribution in [0, 0.1) is 0 Å². The van der Waals surface area contributed by atoms with E-state index in [9.17, 15) is 0 Å². The van der Waals surface area contributed by atoms with E-state index in [2.05, 4.69) is 52.0 Å². The number of hydrazine groups is 1. The van der Waals surface area contributed by atoms with Crippen molar-refractivity contribution in [2.45, 2.75) is 13.1 Å². The molecule has 90 valence electrons. The fourth-order valence-electron chi connectivity index (χ4n) is 2.06. The summed E-state index contributed by atoms with van der Waals surface area (Å²) in [5.74, 6) is 0. The minimum Gasteiger partial charge on any atom is -0.344 e. The number of allylic oxidation sites excluding steroid dienone is 1. The van der Waals surface area contributed by atoms with Crippen LogP contribution in [0.4, 0.5) is 0 Å². The van der Waals surface area contributed by atoms with Crippen LogP contribution in [0.25, 0.3) is 10.9 Å². The van der Waals surface area contributed by atoms with Crippen molar-refractivity contribution in [3.05, 3.63) is 48.7 Å². The van der Waals surface area contributed by atoms with Gasteiger partial charge in [0.25, 0.3) is 0 Å². The van der Waals surface area contributed by atoms with Gasteiger partial charge < -0.3 is 4.57 Å². The molecule has 1 N–H and O–H groups in total. The number of nitrogens with zero attached hydrogens (tertiary/aromatic N) is 2. The van der Waals surface area contributed by atoms with E-state index in [1.165, 1.54) is 16.5 Å². The van der Waals surface area contributed by atoms with Gasteiger partial charge in [-0.15, -0.1) is 6.58 Å². The number of hydrogen-bond donors (Lipinski definition) is 1. The molecule has 17 heavy (non-hydrogen) atoms. The molecule has 2 aromatic rings. The zero-order valence-electron chi connectivity index (χ0n) is 10.5. The van der Waals surface area contributed by atoms with Gasteiger partial charge in [-0.2, -0.15) is 0 Å². The first-order valence-corrected chi connectivity index (χ1v) is 5.82. The number of fused-ring (bicyclic) bond motifs is 1. The largest absolute Gasteiger partial charge is 0.344 e. The van der Waals surface area contributed by atoms with Crippen LogP contribution >= 0.6 is 0 Å². The van der Waals surface area contributed by atoms with E-state index in [-0.39, 0.29) is 0 Å². The topological polar surface area (TPSA) is 20.2 Å². The predicted molar refractivity (Wildman–Crippen MR) is 72.7 cm³/mol. The second kappa shape index (κ2) is 5.17. The molecule has 0 saturated carbocycles. The summed E-state index contributed by atoms with van der Waals surface area (Å²) in [6, 6.07) is 8.62. The molecule has 1 heterocycles. The minimum atomic E-state index is 0.856. The number of nitrogens with one attached hydrogen (secondary N) is 1. The van der Waals surface area contributed by atoms with Crippen LogP contribution in [0.15, 0.2) is 43.1 Å². The maximum absolute atomic E-state index is 3.79. The first-order valence-electron chi connectivity index (χ1n) is 5.82. The van der Waals surface area contributed by atoms with E-state index in [1.54, 1.807) is 0 Å². The fraction of sp³-hybridized carbons (Fsp3) is 0.286. The van der Waals surface area contributed by atoms with Crippen LogP contribution in [-0.4, -0.2) is 23.7 Å². The van der Waals surface area contributed by atoms with Crippen molar-refractivity contribution in [1.82, 2.24) is 15.0 Å². The van der Waals surface area contributed by atoms with E-state index in [1.807, 2.05) is 20.2 Å². The van der Waals surface area contributed by atoms with Gasteiger partial charge in [0.2, 0.25) is 0 Å². The molecule has 0 spiro atoms. The fourth-order valence-corrected chi connectivity index (χ4v) is 2.06. The lowest BCUT2D eigenvalue weighted by molar-refractivity contribution is 0.252. The summed E-state index contributed by atoms with van der Waals surface area (Å²) < 4.78 is 2.21. The van der Waals surface area contributed by atoms with Gasteiger partial charge >= 0.3 is 0 Å². The summed E-state index contributed by atoms with van der Waals surface area (Å²) in [6.07, 6.45) is 4.04. The molecular weight excluding hydrogens is 210 g/mol. The van der Waals surface area contributed by atoms with Gasteiger partial charge in [0, 0.05) is 37.2 Å². The molecular formula is C14H19N3. The Kier molecular flexibility index (Phi) is 3.61. The Balaban J connectivity index is 2.40. The Morgan fingerprint density at radius 3 is 2.94 bits per heavy atom. The standard InChI is InChI=1S/C14H19N3/c1-4-9-17-10-8-13-12(11-16(3)15-2)6-5-7-14(13)17/h4-8,10,15H,1,9,11H2,2-3H3. The number of aromatic nitrogens is 1. The summed E-state index contributed by atoms with van der Waals surface area (Å²) in [4.78, 5) is 0. The van der Waals surface area contributed by atoms with Crippen LogP contribution in [0.1, 0.15) is 5.56 Å². The monoisotopic (exact) mass is 229 g/mol. The maximum atomic E-state index is 3.79. The van der Waals surface area contributed by atoms with Crippen LogP contribution in [-0.2, 0) is 13.1 Å². The van der Waals surface area contributed by atoms with Gasteiger partial charge in [-0.05, 0) is 24.7 Å². The van der Waals surface area contributed by atoms with Crippen LogP contribution < -0.4 is 5.43 Å². The molecule has 0 aliphatic heterocycles. The molecule has 0 bridgehead atoms. The molecule has 1 aromatic heterocycles. The van der Waals surface area contributed by atoms with E-state index in [4.69, 9.17) is 0 Å². The normalized spacial score (nSPS) is 11.2. The van der Waals surface area contributed by atoms with Gasteiger partial charge in [-0.3, -0.25) is 5.43 Å². The molecule has 0 radical (unpaired) electrons. The summed E-state index contributed by atoms with van der Waals surface area (Å²) in [5.41, 5.74) is 5.73. The first kappa shape index (κ1) is 11.9. The Hall–Kier alpha value is -1.58. The third-order valence-electron chi connectivity index (χ3n) is 3.02. The highest BCUT2D eigenvalue weighted by Gasteiger charge is 2.06. The van der Waals surface area contributed by atoms with Crippen LogP contribution in [0.5, 0.6) is 0 Å². The average Bonchev–Trinajstić information content (AvgIpc) is 2.74. The second-order valence-corrected chi connectivity index (χ2v) is 4.19. The molecule has 0 fully saturated rings. The van der Waals surface area contributed by atoms with Crippen molar-refractivity contribution in [3.63, 3.8) is 0 Å². The summed E-state index contributed by atoms with van der Waals surface area (Å²) >= 11 is 0. The molecule has 0 aliphatic rings. The van der Waals surface area contributed by atoms with Gasteiger partial charge in [0.05, 0.1) is 0 Å². The second-order valence-electron chi connectivity index (χ2n) is 4.19. The Labute approximate surface area is 102 Å². The van der Waals surface area contributed by atoms with Gasteiger partial charge in [0.1, 0.15) is 0 Å². The third kappa shape index (κ3) is 2.40. The highest BCUT2D eigenvalue weighted by Crippen LogP contribution is 2.21. The number of hydrogen-bond acceptors (Lipinski definition) is 2. The minimum absolute atomic E-state index is 0.856. The summed E-state index contributed by atoms with van der Waals surface area (Å²) in [6.45, 7) is 5.54. The highest BCUT2D eigenvalue weighted by atomic mass is 15.5. The van der Waals surface area contributed by atoms with Crippen molar-refractivity contribution in [2.24, 2.45) is 0 Å². The molecule has 0 amide bonds. The third-order valence-corrected chi connectivity index (χ3v) is 3.02. The van der Waals surface area contributed by atoms with Crippen molar-refractivity contribution < 1.29 is 0 Å². The Bertz CT molecular complexity index is 513. The smallest absolute Gasteiger partial charge is 0.0486 e.